The summed E-state index contributed by atoms with van der Waals surface area (Å²) in [5.74, 6) is -0.386. The maximum atomic E-state index is 13.0. The molecule has 0 aromatic heterocycles. The normalized spacial score (nSPS) is 14.8. The molecule has 1 fully saturated rings. The SMILES string of the molecule is COc1ccc(C(=O)Nc2ccc(Cl)c(C#N)c2)cc1S(=O)(=O)N1CCOCC1. The third-order valence-electron chi connectivity index (χ3n) is 4.36. The Morgan fingerprint density at radius 3 is 2.62 bits per heavy atom. The van der Waals surface area contributed by atoms with E-state index in [2.05, 4.69) is 5.32 Å². The summed E-state index contributed by atoms with van der Waals surface area (Å²) in [5.41, 5.74) is 0.713. The van der Waals surface area contributed by atoms with Gasteiger partial charge in [-0.05, 0) is 36.4 Å². The van der Waals surface area contributed by atoms with E-state index in [1.807, 2.05) is 6.07 Å². The molecule has 0 bridgehead atoms. The van der Waals surface area contributed by atoms with Gasteiger partial charge in [-0.25, -0.2) is 8.42 Å². The van der Waals surface area contributed by atoms with Gasteiger partial charge in [0.2, 0.25) is 10.0 Å². The number of amides is 1. The Hall–Kier alpha value is -2.64. The molecule has 0 saturated carbocycles. The summed E-state index contributed by atoms with van der Waals surface area (Å²) in [4.78, 5) is 12.6. The average Bonchev–Trinajstić information content (AvgIpc) is 2.75. The molecule has 1 aliphatic rings. The number of hydrogen-bond donors (Lipinski definition) is 1. The standard InChI is InChI=1S/C19H18ClN3O5S/c1-27-17-5-2-13(11-18(17)29(25,26)23-6-8-28-9-7-23)19(24)22-15-3-4-16(20)14(10-15)12-21/h2-5,10-11H,6-9H2,1H3,(H,22,24). The lowest BCUT2D eigenvalue weighted by Gasteiger charge is -2.26. The number of sulfonamides is 1. The minimum absolute atomic E-state index is 0.0941. The molecule has 2 aromatic carbocycles. The molecule has 0 spiro atoms. The highest BCUT2D eigenvalue weighted by molar-refractivity contribution is 7.89. The quantitative estimate of drug-likeness (QED) is 0.772. The molecule has 2 aromatic rings. The van der Waals surface area contributed by atoms with Crippen LogP contribution in [0.2, 0.25) is 5.02 Å². The fraction of sp³-hybridized carbons (Fsp3) is 0.263. The molecule has 1 amide bonds. The Balaban J connectivity index is 1.92. The van der Waals surface area contributed by atoms with Gasteiger partial charge in [0.1, 0.15) is 16.7 Å². The van der Waals surface area contributed by atoms with Gasteiger partial charge in [0.25, 0.3) is 5.91 Å². The van der Waals surface area contributed by atoms with Crippen LogP contribution in [0.5, 0.6) is 5.75 Å². The molecular formula is C19H18ClN3O5S. The molecule has 0 radical (unpaired) electrons. The van der Waals surface area contributed by atoms with Crippen molar-refractivity contribution in [2.24, 2.45) is 0 Å². The Kier molecular flexibility index (Phi) is 6.39. The monoisotopic (exact) mass is 435 g/mol. The largest absolute Gasteiger partial charge is 0.495 e. The molecule has 0 atom stereocenters. The lowest BCUT2D eigenvalue weighted by molar-refractivity contribution is 0.0729. The summed E-state index contributed by atoms with van der Waals surface area (Å²) in [5, 5.41) is 12.0. The van der Waals surface area contributed by atoms with Gasteiger partial charge in [0.05, 0.1) is 30.9 Å². The maximum Gasteiger partial charge on any atom is 0.255 e. The van der Waals surface area contributed by atoms with E-state index in [9.17, 15) is 13.2 Å². The van der Waals surface area contributed by atoms with Crippen LogP contribution in [0.15, 0.2) is 41.3 Å². The van der Waals surface area contributed by atoms with Crippen LogP contribution in [0.4, 0.5) is 5.69 Å². The number of nitriles is 1. The molecule has 3 rings (SSSR count). The number of halogens is 1. The molecular weight excluding hydrogens is 418 g/mol. The number of nitrogens with one attached hydrogen (secondary N) is 1. The maximum absolute atomic E-state index is 13.0. The second kappa shape index (κ2) is 8.80. The van der Waals surface area contributed by atoms with Crippen LogP contribution in [-0.2, 0) is 14.8 Å². The van der Waals surface area contributed by atoms with Crippen molar-refractivity contribution in [3.63, 3.8) is 0 Å². The number of methoxy groups -OCH3 is 1. The van der Waals surface area contributed by atoms with Gasteiger partial charge >= 0.3 is 0 Å². The van der Waals surface area contributed by atoms with Crippen molar-refractivity contribution in [1.82, 2.24) is 4.31 Å². The van der Waals surface area contributed by atoms with Crippen molar-refractivity contribution in [3.8, 4) is 11.8 Å². The second-order valence-electron chi connectivity index (χ2n) is 6.14. The molecule has 10 heteroatoms. The van der Waals surface area contributed by atoms with Crippen LogP contribution in [0.1, 0.15) is 15.9 Å². The van der Waals surface area contributed by atoms with Gasteiger partial charge < -0.3 is 14.8 Å². The number of rotatable bonds is 5. The number of carbonyl (C=O) groups is 1. The Morgan fingerprint density at radius 2 is 1.97 bits per heavy atom. The average molecular weight is 436 g/mol. The topological polar surface area (TPSA) is 109 Å². The minimum Gasteiger partial charge on any atom is -0.495 e. The van der Waals surface area contributed by atoms with Crippen LogP contribution in [0.25, 0.3) is 0 Å². The number of morpholine rings is 1. The summed E-state index contributed by atoms with van der Waals surface area (Å²) < 4.78 is 37.8. The third-order valence-corrected chi connectivity index (χ3v) is 6.61. The van der Waals surface area contributed by atoms with Crippen molar-refractivity contribution in [1.29, 1.82) is 5.26 Å². The van der Waals surface area contributed by atoms with E-state index in [-0.39, 0.29) is 39.9 Å². The molecule has 1 saturated heterocycles. The smallest absolute Gasteiger partial charge is 0.255 e. The van der Waals surface area contributed by atoms with Crippen LogP contribution < -0.4 is 10.1 Å². The molecule has 1 heterocycles. The lowest BCUT2D eigenvalue weighted by Crippen LogP contribution is -2.40. The zero-order valence-electron chi connectivity index (χ0n) is 15.5. The minimum atomic E-state index is -3.86. The molecule has 0 aliphatic carbocycles. The molecule has 29 heavy (non-hydrogen) atoms. The van der Waals surface area contributed by atoms with E-state index in [1.54, 1.807) is 6.07 Å². The fourth-order valence-corrected chi connectivity index (χ4v) is 4.59. The van der Waals surface area contributed by atoms with Crippen LogP contribution >= 0.6 is 11.6 Å². The molecule has 8 nitrogen and oxygen atoms in total. The van der Waals surface area contributed by atoms with E-state index in [1.165, 1.54) is 41.7 Å². The van der Waals surface area contributed by atoms with Gasteiger partial charge in [0, 0.05) is 24.3 Å². The molecule has 1 aliphatic heterocycles. The van der Waals surface area contributed by atoms with E-state index >= 15 is 0 Å². The van der Waals surface area contributed by atoms with Gasteiger partial charge in [-0.2, -0.15) is 9.57 Å². The van der Waals surface area contributed by atoms with Gasteiger partial charge in [-0.15, -0.1) is 0 Å². The summed E-state index contributed by atoms with van der Waals surface area (Å²) in [6.07, 6.45) is 0. The van der Waals surface area contributed by atoms with Crippen molar-refractivity contribution < 1.29 is 22.7 Å². The second-order valence-corrected chi connectivity index (χ2v) is 8.46. The fourth-order valence-electron chi connectivity index (χ4n) is 2.84. The van der Waals surface area contributed by atoms with E-state index in [4.69, 9.17) is 26.3 Å². The Labute approximate surface area is 173 Å². The highest BCUT2D eigenvalue weighted by Crippen LogP contribution is 2.29. The Morgan fingerprint density at radius 1 is 1.24 bits per heavy atom. The molecule has 1 N–H and O–H groups in total. The number of anilines is 1. The predicted molar refractivity (Wildman–Crippen MR) is 107 cm³/mol. The van der Waals surface area contributed by atoms with Crippen LogP contribution in [0.3, 0.4) is 0 Å². The first-order valence-electron chi connectivity index (χ1n) is 8.63. The number of ether oxygens (including phenoxy) is 2. The first-order valence-corrected chi connectivity index (χ1v) is 10.5. The van der Waals surface area contributed by atoms with Crippen molar-refractivity contribution in [3.05, 3.63) is 52.5 Å². The zero-order valence-corrected chi connectivity index (χ0v) is 17.1. The summed E-state index contributed by atoms with van der Waals surface area (Å²) in [6.45, 7) is 1.06. The van der Waals surface area contributed by atoms with Crippen molar-refractivity contribution >= 4 is 33.2 Å². The lowest BCUT2D eigenvalue weighted by atomic mass is 10.1. The third kappa shape index (κ3) is 4.52. The number of nitrogens with zero attached hydrogens (tertiary/aromatic N) is 2. The summed E-state index contributed by atoms with van der Waals surface area (Å²) in [6, 6.07) is 10.6. The van der Waals surface area contributed by atoms with Crippen LogP contribution in [0, 0.1) is 11.3 Å². The van der Waals surface area contributed by atoms with E-state index < -0.39 is 15.9 Å². The van der Waals surface area contributed by atoms with Gasteiger partial charge in [-0.3, -0.25) is 4.79 Å². The van der Waals surface area contributed by atoms with Crippen molar-refractivity contribution in [2.45, 2.75) is 4.90 Å². The zero-order chi connectivity index (χ0) is 21.0. The highest BCUT2D eigenvalue weighted by Gasteiger charge is 2.30. The van der Waals surface area contributed by atoms with E-state index in [0.717, 1.165) is 0 Å². The van der Waals surface area contributed by atoms with Crippen molar-refractivity contribution in [2.75, 3.05) is 38.7 Å². The first kappa shape index (κ1) is 21.1. The number of benzene rings is 2. The number of hydrogen-bond acceptors (Lipinski definition) is 6. The first-order chi connectivity index (χ1) is 13.9. The number of carbonyl (C=O) groups excluding carboxylic acids is 1. The molecule has 152 valence electrons. The highest BCUT2D eigenvalue weighted by atomic mass is 35.5. The Bertz CT molecular complexity index is 1080. The van der Waals surface area contributed by atoms with Gasteiger partial charge in [-0.1, -0.05) is 11.6 Å². The van der Waals surface area contributed by atoms with Crippen LogP contribution in [-0.4, -0.2) is 52.0 Å². The summed E-state index contributed by atoms with van der Waals surface area (Å²) >= 11 is 5.90. The summed E-state index contributed by atoms with van der Waals surface area (Å²) in [7, 11) is -2.50. The van der Waals surface area contributed by atoms with E-state index in [0.29, 0.717) is 18.9 Å². The predicted octanol–water partition coefficient (Wildman–Crippen LogP) is 2.49. The van der Waals surface area contributed by atoms with Gasteiger partial charge in [0.15, 0.2) is 0 Å². The molecule has 0 unspecified atom stereocenters.